The molecule has 0 spiro atoms. The first-order valence-electron chi connectivity index (χ1n) is 32.2. The van der Waals surface area contributed by atoms with Crippen molar-refractivity contribution in [3.63, 3.8) is 0 Å². The number of esters is 3. The van der Waals surface area contributed by atoms with Gasteiger partial charge in [-0.15, -0.1) is 0 Å². The topological polar surface area (TPSA) is 78.9 Å². The highest BCUT2D eigenvalue weighted by Gasteiger charge is 2.19. The number of allylic oxidation sites excluding steroid dienone is 22. The molecule has 0 amide bonds. The van der Waals surface area contributed by atoms with Crippen LogP contribution in [-0.4, -0.2) is 37.2 Å². The zero-order valence-corrected chi connectivity index (χ0v) is 50.6. The first-order valence-corrected chi connectivity index (χ1v) is 32.2. The lowest BCUT2D eigenvalue weighted by Gasteiger charge is -2.18. The Balaban J connectivity index is 4.36. The lowest BCUT2D eigenvalue weighted by molar-refractivity contribution is -0.167. The Hall–Kier alpha value is -4.45. The van der Waals surface area contributed by atoms with Crippen LogP contribution in [0.4, 0.5) is 0 Å². The molecule has 0 aromatic rings. The van der Waals surface area contributed by atoms with E-state index in [1.54, 1.807) is 0 Å². The number of hydrogen-bond donors (Lipinski definition) is 0. The van der Waals surface area contributed by atoms with Crippen LogP contribution in [0.25, 0.3) is 0 Å². The predicted molar refractivity (Wildman–Crippen MR) is 339 cm³/mol. The maximum Gasteiger partial charge on any atom is 0.306 e. The Bertz CT molecular complexity index is 1670. The molecule has 0 aliphatic heterocycles. The van der Waals surface area contributed by atoms with E-state index in [2.05, 4.69) is 154 Å². The Morgan fingerprint density at radius 3 is 0.833 bits per heavy atom. The van der Waals surface area contributed by atoms with Gasteiger partial charge in [0.25, 0.3) is 0 Å². The van der Waals surface area contributed by atoms with Crippen LogP contribution in [0, 0.1) is 0 Å². The first kappa shape index (κ1) is 73.5. The normalized spacial score (nSPS) is 13.0. The van der Waals surface area contributed by atoms with E-state index in [0.717, 1.165) is 128 Å². The van der Waals surface area contributed by atoms with Crippen LogP contribution < -0.4 is 0 Å². The maximum absolute atomic E-state index is 12.9. The summed E-state index contributed by atoms with van der Waals surface area (Å²) in [5.41, 5.74) is 0. The molecule has 1 unspecified atom stereocenters. The van der Waals surface area contributed by atoms with Crippen LogP contribution >= 0.6 is 0 Å². The lowest BCUT2D eigenvalue weighted by atomic mass is 10.0. The van der Waals surface area contributed by atoms with Crippen LogP contribution in [0.2, 0.25) is 0 Å². The second-order valence-corrected chi connectivity index (χ2v) is 20.9. The van der Waals surface area contributed by atoms with E-state index in [4.69, 9.17) is 14.2 Å². The van der Waals surface area contributed by atoms with Gasteiger partial charge in [0, 0.05) is 19.3 Å². The van der Waals surface area contributed by atoms with Gasteiger partial charge in [0.2, 0.25) is 0 Å². The van der Waals surface area contributed by atoms with Crippen molar-refractivity contribution in [2.45, 2.75) is 290 Å². The molecule has 78 heavy (non-hydrogen) atoms. The largest absolute Gasteiger partial charge is 0.462 e. The second kappa shape index (κ2) is 65.1. The van der Waals surface area contributed by atoms with Crippen LogP contribution in [0.3, 0.4) is 0 Å². The van der Waals surface area contributed by atoms with Crippen molar-refractivity contribution in [2.75, 3.05) is 13.2 Å². The quantitative estimate of drug-likeness (QED) is 0.0261. The zero-order valence-electron chi connectivity index (χ0n) is 50.6. The molecule has 0 heterocycles. The number of ether oxygens (including phenoxy) is 3. The highest BCUT2D eigenvalue weighted by atomic mass is 16.6. The molecule has 0 aromatic heterocycles. The van der Waals surface area contributed by atoms with Gasteiger partial charge in [-0.2, -0.15) is 0 Å². The van der Waals surface area contributed by atoms with E-state index in [-0.39, 0.29) is 31.1 Å². The van der Waals surface area contributed by atoms with Crippen molar-refractivity contribution in [3.8, 4) is 0 Å². The summed E-state index contributed by atoms with van der Waals surface area (Å²) in [4.78, 5) is 38.2. The van der Waals surface area contributed by atoms with Crippen LogP contribution in [0.1, 0.15) is 284 Å². The molecule has 0 bridgehead atoms. The molecule has 6 nitrogen and oxygen atoms in total. The van der Waals surface area contributed by atoms with E-state index >= 15 is 0 Å². The molecule has 1 atom stereocenters. The number of hydrogen-bond acceptors (Lipinski definition) is 6. The Labute approximate surface area is 481 Å². The molecular formula is C72H118O6. The molecule has 0 aliphatic rings. The second-order valence-electron chi connectivity index (χ2n) is 20.9. The average molecular weight is 1080 g/mol. The summed E-state index contributed by atoms with van der Waals surface area (Å²) in [6, 6.07) is 0. The van der Waals surface area contributed by atoms with Gasteiger partial charge in [0.15, 0.2) is 6.10 Å². The van der Waals surface area contributed by atoms with Gasteiger partial charge >= 0.3 is 17.9 Å². The Morgan fingerprint density at radius 1 is 0.269 bits per heavy atom. The summed E-state index contributed by atoms with van der Waals surface area (Å²) in [7, 11) is 0. The van der Waals surface area contributed by atoms with Gasteiger partial charge in [-0.1, -0.05) is 276 Å². The predicted octanol–water partition coefficient (Wildman–Crippen LogP) is 22.2. The van der Waals surface area contributed by atoms with E-state index in [1.807, 2.05) is 0 Å². The number of carbonyl (C=O) groups is 3. The van der Waals surface area contributed by atoms with Crippen molar-refractivity contribution >= 4 is 17.9 Å². The first-order chi connectivity index (χ1) is 38.5. The van der Waals surface area contributed by atoms with Gasteiger partial charge < -0.3 is 14.2 Å². The van der Waals surface area contributed by atoms with E-state index in [1.165, 1.54) is 109 Å². The smallest absolute Gasteiger partial charge is 0.306 e. The minimum absolute atomic E-state index is 0.0967. The fourth-order valence-corrected chi connectivity index (χ4v) is 8.58. The minimum Gasteiger partial charge on any atom is -0.462 e. The summed E-state index contributed by atoms with van der Waals surface area (Å²) >= 11 is 0. The van der Waals surface area contributed by atoms with Gasteiger partial charge in [0.05, 0.1) is 0 Å². The molecule has 0 N–H and O–H groups in total. The fourth-order valence-electron chi connectivity index (χ4n) is 8.58. The maximum atomic E-state index is 12.9. The monoisotopic (exact) mass is 1080 g/mol. The molecule has 442 valence electrons. The Kier molecular flexibility index (Phi) is 61.4. The molecule has 0 aliphatic carbocycles. The van der Waals surface area contributed by atoms with E-state index in [0.29, 0.717) is 25.7 Å². The standard InChI is InChI=1S/C72H118O6/c1-4-7-10-13-16-19-22-25-27-28-29-30-31-32-33-34-35-36-37-38-39-40-41-42-43-44-45-48-50-53-56-59-62-65-71(74)77-68-69(67-76-70(73)64-61-58-55-52-49-46-24-21-18-15-12-9-6-3)78-72(75)66-63-60-57-54-51-47-26-23-20-17-14-11-8-5-2/h7,10,16,19,21,24-25,27,29-30,32-33,35-36,38-39,41-42,44-45,50,53,69H,4-6,8-9,11-15,17-18,20,22-23,26,28,31,34,37,40,43,46-49,51-52,54-68H2,1-3H3/b10-7-,19-16-,24-21-,27-25-,30-29-,33-32-,36-35-,39-38-,42-41-,45-44-,53-50-. The summed E-state index contributed by atoms with van der Waals surface area (Å²) in [5, 5.41) is 0. The molecule has 0 saturated heterocycles. The van der Waals surface area contributed by atoms with Gasteiger partial charge in [-0.3, -0.25) is 14.4 Å². The molecular weight excluding hydrogens is 961 g/mol. The summed E-state index contributed by atoms with van der Waals surface area (Å²) < 4.78 is 16.8. The minimum atomic E-state index is -0.801. The molecule has 0 rings (SSSR count). The van der Waals surface area contributed by atoms with Crippen LogP contribution in [0.5, 0.6) is 0 Å². The SMILES string of the molecule is CC/C=C\C/C=C\C/C=C\C/C=C\C/C=C\C/C=C\C/C=C\C/C=C\C/C=C\C/C=C\CCCCC(=O)OCC(COC(=O)CCCCCCC/C=C\CCCCCC)OC(=O)CCCCCCCCCCCCCCCC. The van der Waals surface area contributed by atoms with Crippen molar-refractivity contribution < 1.29 is 28.6 Å². The lowest BCUT2D eigenvalue weighted by Crippen LogP contribution is -2.30. The Morgan fingerprint density at radius 2 is 0.500 bits per heavy atom. The van der Waals surface area contributed by atoms with Crippen molar-refractivity contribution in [2.24, 2.45) is 0 Å². The summed E-state index contributed by atoms with van der Waals surface area (Å²) in [6.45, 7) is 6.47. The number of unbranched alkanes of at least 4 members (excludes halogenated alkanes) is 24. The van der Waals surface area contributed by atoms with Gasteiger partial charge in [-0.05, 0) is 122 Å². The molecule has 0 fully saturated rings. The van der Waals surface area contributed by atoms with E-state index < -0.39 is 6.10 Å². The van der Waals surface area contributed by atoms with Crippen molar-refractivity contribution in [1.29, 1.82) is 0 Å². The molecule has 0 aromatic carbocycles. The van der Waals surface area contributed by atoms with Crippen LogP contribution in [0.15, 0.2) is 134 Å². The number of rotatable bonds is 57. The molecule has 6 heteroatoms. The van der Waals surface area contributed by atoms with Crippen LogP contribution in [-0.2, 0) is 28.6 Å². The van der Waals surface area contributed by atoms with E-state index in [9.17, 15) is 14.4 Å². The van der Waals surface area contributed by atoms with Crippen molar-refractivity contribution in [1.82, 2.24) is 0 Å². The average Bonchev–Trinajstić information content (AvgIpc) is 3.44. The number of carbonyl (C=O) groups excluding carboxylic acids is 3. The summed E-state index contributed by atoms with van der Waals surface area (Å²) in [5.74, 6) is -0.947. The van der Waals surface area contributed by atoms with Gasteiger partial charge in [0.1, 0.15) is 13.2 Å². The van der Waals surface area contributed by atoms with Crippen molar-refractivity contribution in [3.05, 3.63) is 134 Å². The molecule has 0 saturated carbocycles. The third-order valence-corrected chi connectivity index (χ3v) is 13.4. The third kappa shape index (κ3) is 62.4. The fraction of sp³-hybridized carbons (Fsp3) is 0.653. The van der Waals surface area contributed by atoms with Gasteiger partial charge in [-0.25, -0.2) is 0 Å². The highest BCUT2D eigenvalue weighted by Crippen LogP contribution is 2.15. The third-order valence-electron chi connectivity index (χ3n) is 13.4. The molecule has 0 radical (unpaired) electrons. The highest BCUT2D eigenvalue weighted by molar-refractivity contribution is 5.71. The zero-order chi connectivity index (χ0) is 56.4. The summed E-state index contributed by atoms with van der Waals surface area (Å²) in [6.07, 6.45) is 91.8.